The summed E-state index contributed by atoms with van der Waals surface area (Å²) in [5, 5.41) is 12.0. The average Bonchev–Trinajstić information content (AvgIpc) is 2.44. The largest absolute Gasteiger partial charge is 0.389 e. The molecule has 0 spiro atoms. The van der Waals surface area contributed by atoms with Gasteiger partial charge in [-0.05, 0) is 38.5 Å². The lowest BCUT2D eigenvalue weighted by Crippen LogP contribution is -2.43. The van der Waals surface area contributed by atoms with Gasteiger partial charge in [0.1, 0.15) is 0 Å². The normalized spacial score (nSPS) is 13.8. The molecule has 0 aromatic heterocycles. The predicted molar refractivity (Wildman–Crippen MR) is 80.1 cm³/mol. The van der Waals surface area contributed by atoms with Crippen molar-refractivity contribution in [1.82, 2.24) is 10.0 Å². The van der Waals surface area contributed by atoms with Gasteiger partial charge in [0.2, 0.25) is 15.9 Å². The van der Waals surface area contributed by atoms with Crippen molar-refractivity contribution in [2.75, 3.05) is 13.6 Å². The van der Waals surface area contributed by atoms with Gasteiger partial charge in [0, 0.05) is 13.6 Å². The number of carbonyl (C=O) groups is 1. The molecule has 0 heterocycles. The molecule has 1 rings (SSSR count). The zero-order chi connectivity index (χ0) is 16.3. The molecule has 118 valence electrons. The fraction of sp³-hybridized carbons (Fsp3) is 0.500. The molecule has 1 aromatic rings. The fourth-order valence-electron chi connectivity index (χ4n) is 1.72. The topological polar surface area (TPSA) is 95.5 Å². The minimum atomic E-state index is -3.73. The Morgan fingerprint density at radius 2 is 2.00 bits per heavy atom. The van der Waals surface area contributed by atoms with Gasteiger partial charge in [-0.3, -0.25) is 4.79 Å². The summed E-state index contributed by atoms with van der Waals surface area (Å²) in [5.41, 5.74) is -0.340. The van der Waals surface area contributed by atoms with Crippen LogP contribution < -0.4 is 10.0 Å². The van der Waals surface area contributed by atoms with Crippen LogP contribution >= 0.6 is 0 Å². The summed E-state index contributed by atoms with van der Waals surface area (Å²) >= 11 is 0. The van der Waals surface area contributed by atoms with Crippen LogP contribution in [0.5, 0.6) is 0 Å². The summed E-state index contributed by atoms with van der Waals surface area (Å²) in [6.45, 7) is 4.85. The molecule has 1 aromatic carbocycles. The highest BCUT2D eigenvalue weighted by Gasteiger charge is 2.29. The summed E-state index contributed by atoms with van der Waals surface area (Å²) in [5.74, 6) is -0.247. The molecule has 21 heavy (non-hydrogen) atoms. The molecule has 0 radical (unpaired) electrons. The van der Waals surface area contributed by atoms with Crippen LogP contribution in [-0.4, -0.2) is 33.0 Å². The second-order valence-electron chi connectivity index (χ2n) is 5.54. The lowest BCUT2D eigenvalue weighted by atomic mass is 9.93. The van der Waals surface area contributed by atoms with Crippen LogP contribution in [0, 0.1) is 5.41 Å². The maximum absolute atomic E-state index is 12.2. The first kappa shape index (κ1) is 17.6. The van der Waals surface area contributed by atoms with Crippen molar-refractivity contribution >= 4 is 15.9 Å². The number of amides is 1. The maximum atomic E-state index is 12.2. The SMILES string of the molecule is CNC(=O)C(C)(C)CNS(=O)(=O)c1cccc(C(C)O)c1. The van der Waals surface area contributed by atoms with Gasteiger partial charge in [0.05, 0.1) is 16.4 Å². The number of sulfonamides is 1. The summed E-state index contributed by atoms with van der Waals surface area (Å²) < 4.78 is 26.9. The van der Waals surface area contributed by atoms with Gasteiger partial charge in [0.15, 0.2) is 0 Å². The highest BCUT2D eigenvalue weighted by molar-refractivity contribution is 7.89. The third-order valence-corrected chi connectivity index (χ3v) is 4.60. The lowest BCUT2D eigenvalue weighted by Gasteiger charge is -2.22. The molecule has 3 N–H and O–H groups in total. The second kappa shape index (κ2) is 6.55. The number of nitrogens with one attached hydrogen (secondary N) is 2. The molecule has 0 saturated heterocycles. The number of rotatable bonds is 6. The van der Waals surface area contributed by atoms with Gasteiger partial charge in [-0.2, -0.15) is 0 Å². The van der Waals surface area contributed by atoms with E-state index in [1.165, 1.54) is 19.2 Å². The molecular weight excluding hydrogens is 292 g/mol. The van der Waals surface area contributed by atoms with Crippen molar-refractivity contribution in [3.05, 3.63) is 29.8 Å². The minimum Gasteiger partial charge on any atom is -0.389 e. The minimum absolute atomic E-state index is 0.0199. The van der Waals surface area contributed by atoms with Crippen molar-refractivity contribution in [2.45, 2.75) is 31.8 Å². The third kappa shape index (κ3) is 4.52. The number of hydrogen-bond acceptors (Lipinski definition) is 4. The van der Waals surface area contributed by atoms with E-state index in [0.29, 0.717) is 5.56 Å². The van der Waals surface area contributed by atoms with E-state index in [4.69, 9.17) is 0 Å². The van der Waals surface area contributed by atoms with Crippen LogP contribution in [0.4, 0.5) is 0 Å². The Kier molecular flexibility index (Phi) is 5.49. The Morgan fingerprint density at radius 3 is 2.52 bits per heavy atom. The molecule has 0 aliphatic rings. The first-order valence-electron chi connectivity index (χ1n) is 6.60. The Bertz CT molecular complexity index is 609. The Labute approximate surface area is 125 Å². The first-order chi connectivity index (χ1) is 9.60. The fourth-order valence-corrected chi connectivity index (χ4v) is 2.99. The Morgan fingerprint density at radius 1 is 1.38 bits per heavy atom. The molecule has 6 nitrogen and oxygen atoms in total. The van der Waals surface area contributed by atoms with Crippen LogP contribution in [0.1, 0.15) is 32.4 Å². The first-order valence-corrected chi connectivity index (χ1v) is 8.08. The average molecular weight is 314 g/mol. The molecule has 7 heteroatoms. The molecule has 0 aliphatic heterocycles. The van der Waals surface area contributed by atoms with Crippen molar-refractivity contribution in [3.63, 3.8) is 0 Å². The highest BCUT2D eigenvalue weighted by atomic mass is 32.2. The summed E-state index contributed by atoms with van der Waals surface area (Å²) in [7, 11) is -2.23. The van der Waals surface area contributed by atoms with Gasteiger partial charge in [0.25, 0.3) is 0 Å². The zero-order valence-corrected chi connectivity index (χ0v) is 13.5. The van der Waals surface area contributed by atoms with Crippen LogP contribution in [0.15, 0.2) is 29.2 Å². The summed E-state index contributed by atoms with van der Waals surface area (Å²) in [4.78, 5) is 11.7. The predicted octanol–water partition coefficient (Wildman–Crippen LogP) is 0.790. The molecule has 0 fully saturated rings. The number of aliphatic hydroxyl groups excluding tert-OH is 1. The molecule has 1 amide bonds. The quantitative estimate of drug-likeness (QED) is 0.723. The van der Waals surface area contributed by atoms with Crippen molar-refractivity contribution in [2.24, 2.45) is 5.41 Å². The summed E-state index contributed by atoms with van der Waals surface area (Å²) in [6, 6.07) is 6.08. The second-order valence-corrected chi connectivity index (χ2v) is 7.30. The molecule has 1 atom stereocenters. The number of carbonyl (C=O) groups excluding carboxylic acids is 1. The van der Waals surface area contributed by atoms with Gasteiger partial charge >= 0.3 is 0 Å². The van der Waals surface area contributed by atoms with Crippen LogP contribution in [0.3, 0.4) is 0 Å². The van der Waals surface area contributed by atoms with E-state index in [1.54, 1.807) is 32.9 Å². The van der Waals surface area contributed by atoms with E-state index in [0.717, 1.165) is 0 Å². The van der Waals surface area contributed by atoms with Crippen molar-refractivity contribution in [1.29, 1.82) is 0 Å². The van der Waals surface area contributed by atoms with Gasteiger partial charge in [-0.1, -0.05) is 12.1 Å². The maximum Gasteiger partial charge on any atom is 0.240 e. The zero-order valence-electron chi connectivity index (χ0n) is 12.7. The highest BCUT2D eigenvalue weighted by Crippen LogP contribution is 2.19. The Hall–Kier alpha value is -1.44. The van der Waals surface area contributed by atoms with E-state index in [-0.39, 0.29) is 17.3 Å². The molecular formula is C14H22N2O4S. The standard InChI is InChI=1S/C14H22N2O4S/c1-10(17)11-6-5-7-12(8-11)21(19,20)16-9-14(2,3)13(18)15-4/h5-8,10,16-17H,9H2,1-4H3,(H,15,18). The van der Waals surface area contributed by atoms with E-state index >= 15 is 0 Å². The number of benzene rings is 1. The van der Waals surface area contributed by atoms with Crippen LogP contribution in [0.25, 0.3) is 0 Å². The molecule has 0 saturated carbocycles. The third-order valence-electron chi connectivity index (χ3n) is 3.20. The smallest absolute Gasteiger partial charge is 0.240 e. The van der Waals surface area contributed by atoms with Gasteiger partial charge in [-0.25, -0.2) is 13.1 Å². The van der Waals surface area contributed by atoms with E-state index in [2.05, 4.69) is 10.0 Å². The molecule has 1 unspecified atom stereocenters. The molecule has 0 bridgehead atoms. The number of hydrogen-bond donors (Lipinski definition) is 3. The van der Waals surface area contributed by atoms with E-state index in [9.17, 15) is 18.3 Å². The molecule has 0 aliphatic carbocycles. The van der Waals surface area contributed by atoms with Gasteiger partial charge < -0.3 is 10.4 Å². The lowest BCUT2D eigenvalue weighted by molar-refractivity contribution is -0.128. The summed E-state index contributed by atoms with van der Waals surface area (Å²) in [6.07, 6.45) is -0.748. The Balaban J connectivity index is 2.92. The van der Waals surface area contributed by atoms with Crippen LogP contribution in [0.2, 0.25) is 0 Å². The van der Waals surface area contributed by atoms with Gasteiger partial charge in [-0.15, -0.1) is 0 Å². The number of aliphatic hydroxyl groups is 1. The van der Waals surface area contributed by atoms with Crippen molar-refractivity contribution in [3.8, 4) is 0 Å². The van der Waals surface area contributed by atoms with Crippen LogP contribution in [-0.2, 0) is 14.8 Å². The van der Waals surface area contributed by atoms with E-state index in [1.807, 2.05) is 0 Å². The van der Waals surface area contributed by atoms with E-state index < -0.39 is 21.5 Å². The monoisotopic (exact) mass is 314 g/mol. The van der Waals surface area contributed by atoms with Crippen molar-refractivity contribution < 1.29 is 18.3 Å².